The molecule has 4 aromatic rings. The van der Waals surface area contributed by atoms with E-state index in [9.17, 15) is 18.5 Å². The maximum absolute atomic E-state index is 12.7. The number of nitrogens with one attached hydrogen (secondary N) is 2. The summed E-state index contributed by atoms with van der Waals surface area (Å²) in [6.07, 6.45) is 0.466. The average molecular weight is 502 g/mol. The molecule has 0 saturated carbocycles. The summed E-state index contributed by atoms with van der Waals surface area (Å²) < 4.78 is 28.0. The Morgan fingerprint density at radius 2 is 1.11 bits per heavy atom. The van der Waals surface area contributed by atoms with E-state index in [1.165, 1.54) is 24.3 Å². The zero-order valence-corrected chi connectivity index (χ0v) is 20.4. The summed E-state index contributed by atoms with van der Waals surface area (Å²) in [5.74, 6) is 0. The topological polar surface area (TPSA) is 101 Å². The van der Waals surface area contributed by atoms with Crippen molar-refractivity contribution < 1.29 is 13.3 Å². The van der Waals surface area contributed by atoms with Gasteiger partial charge in [0, 0.05) is 12.6 Å². The number of rotatable bonds is 11. The number of nitro benzene ring substituents is 1. The van der Waals surface area contributed by atoms with Gasteiger partial charge in [-0.1, -0.05) is 103 Å². The predicted octanol–water partition coefficient (Wildman–Crippen LogP) is 4.84. The van der Waals surface area contributed by atoms with Gasteiger partial charge < -0.3 is 0 Å². The highest BCUT2D eigenvalue weighted by Crippen LogP contribution is 2.36. The molecule has 36 heavy (non-hydrogen) atoms. The molecule has 0 aliphatic heterocycles. The molecule has 0 atom stereocenters. The minimum Gasteiger partial charge on any atom is -0.300 e. The summed E-state index contributed by atoms with van der Waals surface area (Å²) in [6.45, 7) is 0.605. The van der Waals surface area contributed by atoms with E-state index in [0.29, 0.717) is 13.0 Å². The fraction of sp³-hybridized carbons (Fsp3) is 0.143. The quantitative estimate of drug-likeness (QED) is 0.132. The van der Waals surface area contributed by atoms with Gasteiger partial charge in [0.25, 0.3) is 5.69 Å². The van der Waals surface area contributed by atoms with Crippen LogP contribution >= 0.6 is 0 Å². The van der Waals surface area contributed by atoms with Crippen LogP contribution in [0.25, 0.3) is 0 Å². The highest BCUT2D eigenvalue weighted by atomic mass is 32.2. The third-order valence-corrected chi connectivity index (χ3v) is 7.52. The molecule has 0 bridgehead atoms. The highest BCUT2D eigenvalue weighted by molar-refractivity contribution is 7.89. The van der Waals surface area contributed by atoms with Gasteiger partial charge >= 0.3 is 0 Å². The molecule has 4 rings (SSSR count). The summed E-state index contributed by atoms with van der Waals surface area (Å²) in [6, 6.07) is 35.7. The van der Waals surface area contributed by atoms with Crippen LogP contribution in [0.4, 0.5) is 5.69 Å². The van der Waals surface area contributed by atoms with Gasteiger partial charge in [0.15, 0.2) is 4.90 Å². The van der Waals surface area contributed by atoms with Gasteiger partial charge in [-0.3, -0.25) is 15.4 Å². The first-order chi connectivity index (χ1) is 17.4. The second-order valence-electron chi connectivity index (χ2n) is 8.25. The van der Waals surface area contributed by atoms with Crippen LogP contribution in [0, 0.1) is 10.1 Å². The molecular formula is C28H27N3O4S. The number of hydrogen-bond donors (Lipinski definition) is 2. The van der Waals surface area contributed by atoms with Crippen LogP contribution in [0.3, 0.4) is 0 Å². The van der Waals surface area contributed by atoms with Crippen LogP contribution in [0.2, 0.25) is 0 Å². The van der Waals surface area contributed by atoms with E-state index in [1.807, 2.05) is 54.6 Å². The zero-order chi connectivity index (χ0) is 25.4. The lowest BCUT2D eigenvalue weighted by Gasteiger charge is -2.37. The Morgan fingerprint density at radius 1 is 0.667 bits per heavy atom. The zero-order valence-electron chi connectivity index (χ0n) is 19.6. The largest absolute Gasteiger partial charge is 0.300 e. The Morgan fingerprint density at radius 3 is 1.58 bits per heavy atom. The van der Waals surface area contributed by atoms with E-state index in [-0.39, 0.29) is 11.4 Å². The van der Waals surface area contributed by atoms with E-state index < -0.39 is 26.2 Å². The normalized spacial score (nSPS) is 11.8. The SMILES string of the molecule is O=[N+]([O-])c1ccccc1S(=O)(=O)NCCCNC(c1ccccc1)(c1ccccc1)c1ccccc1. The van der Waals surface area contributed by atoms with Crippen LogP contribution in [0.1, 0.15) is 23.1 Å². The first-order valence-corrected chi connectivity index (χ1v) is 13.1. The molecule has 7 nitrogen and oxygen atoms in total. The second kappa shape index (κ2) is 11.3. The molecule has 8 heteroatoms. The van der Waals surface area contributed by atoms with Crippen molar-refractivity contribution >= 4 is 15.7 Å². The summed E-state index contributed by atoms with van der Waals surface area (Å²) in [4.78, 5) is 10.2. The maximum Gasteiger partial charge on any atom is 0.289 e. The van der Waals surface area contributed by atoms with E-state index in [0.717, 1.165) is 16.7 Å². The molecule has 2 N–H and O–H groups in total. The summed E-state index contributed by atoms with van der Waals surface area (Å²) in [5.41, 5.74) is 2.08. The van der Waals surface area contributed by atoms with E-state index in [4.69, 9.17) is 0 Å². The minimum atomic E-state index is -4.03. The summed E-state index contributed by atoms with van der Waals surface area (Å²) in [7, 11) is -4.03. The molecule has 0 spiro atoms. The van der Waals surface area contributed by atoms with Crippen molar-refractivity contribution in [1.29, 1.82) is 0 Å². The van der Waals surface area contributed by atoms with Gasteiger partial charge in [-0.05, 0) is 35.7 Å². The summed E-state index contributed by atoms with van der Waals surface area (Å²) in [5, 5.41) is 15.0. The number of nitro groups is 1. The van der Waals surface area contributed by atoms with Crippen molar-refractivity contribution in [2.24, 2.45) is 0 Å². The number of hydrogen-bond acceptors (Lipinski definition) is 5. The highest BCUT2D eigenvalue weighted by Gasteiger charge is 2.35. The third-order valence-electron chi connectivity index (χ3n) is 6.01. The van der Waals surface area contributed by atoms with Crippen LogP contribution in [0.5, 0.6) is 0 Å². The van der Waals surface area contributed by atoms with Gasteiger partial charge in [0.05, 0.1) is 10.5 Å². The Bertz CT molecular complexity index is 1300. The molecular weight excluding hydrogens is 474 g/mol. The molecule has 0 heterocycles. The average Bonchev–Trinajstić information content (AvgIpc) is 2.92. The maximum atomic E-state index is 12.7. The Labute approximate surface area is 211 Å². The van der Waals surface area contributed by atoms with Crippen molar-refractivity contribution in [2.75, 3.05) is 13.1 Å². The molecule has 0 radical (unpaired) electrons. The molecule has 0 aromatic heterocycles. The van der Waals surface area contributed by atoms with Crippen LogP contribution < -0.4 is 10.0 Å². The third kappa shape index (κ3) is 5.36. The van der Waals surface area contributed by atoms with Crippen molar-refractivity contribution in [1.82, 2.24) is 10.0 Å². The monoisotopic (exact) mass is 501 g/mol. The number of sulfonamides is 1. The Kier molecular flexibility index (Phi) is 7.90. The van der Waals surface area contributed by atoms with Crippen LogP contribution in [-0.2, 0) is 15.6 Å². The van der Waals surface area contributed by atoms with Crippen LogP contribution in [0.15, 0.2) is 120 Å². The minimum absolute atomic E-state index is 0.121. The number of para-hydroxylation sites is 1. The van der Waals surface area contributed by atoms with Crippen molar-refractivity contribution in [3.05, 3.63) is 142 Å². The van der Waals surface area contributed by atoms with Crippen molar-refractivity contribution in [3.63, 3.8) is 0 Å². The molecule has 0 saturated heterocycles. The Balaban J connectivity index is 1.56. The molecule has 0 aliphatic carbocycles. The van der Waals surface area contributed by atoms with Crippen molar-refractivity contribution in [3.8, 4) is 0 Å². The lowest BCUT2D eigenvalue weighted by Crippen LogP contribution is -2.45. The van der Waals surface area contributed by atoms with E-state index in [2.05, 4.69) is 46.4 Å². The molecule has 184 valence electrons. The predicted molar refractivity (Wildman–Crippen MR) is 140 cm³/mol. The first kappa shape index (κ1) is 25.2. The van der Waals surface area contributed by atoms with Gasteiger partial charge in [0.2, 0.25) is 10.0 Å². The lowest BCUT2D eigenvalue weighted by atomic mass is 9.77. The van der Waals surface area contributed by atoms with E-state index >= 15 is 0 Å². The molecule has 0 aliphatic rings. The van der Waals surface area contributed by atoms with Gasteiger partial charge in [0.1, 0.15) is 0 Å². The summed E-state index contributed by atoms with van der Waals surface area (Å²) >= 11 is 0. The van der Waals surface area contributed by atoms with Crippen LogP contribution in [-0.4, -0.2) is 26.4 Å². The molecule has 0 unspecified atom stereocenters. The van der Waals surface area contributed by atoms with Gasteiger partial charge in [-0.2, -0.15) is 0 Å². The fourth-order valence-electron chi connectivity index (χ4n) is 4.35. The van der Waals surface area contributed by atoms with Gasteiger partial charge in [-0.15, -0.1) is 0 Å². The van der Waals surface area contributed by atoms with Crippen molar-refractivity contribution in [2.45, 2.75) is 16.9 Å². The Hall–Kier alpha value is -3.85. The smallest absolute Gasteiger partial charge is 0.289 e. The lowest BCUT2D eigenvalue weighted by molar-refractivity contribution is -0.387. The number of nitrogens with zero attached hydrogens (tertiary/aromatic N) is 1. The fourth-order valence-corrected chi connectivity index (χ4v) is 5.60. The molecule has 4 aromatic carbocycles. The molecule has 0 amide bonds. The van der Waals surface area contributed by atoms with E-state index in [1.54, 1.807) is 0 Å². The number of benzene rings is 4. The van der Waals surface area contributed by atoms with Gasteiger partial charge in [-0.25, -0.2) is 13.1 Å². The first-order valence-electron chi connectivity index (χ1n) is 11.6. The standard InChI is InChI=1S/C28H27N3O4S/c32-31(33)26-19-10-11-20-27(26)36(34,35)30-22-12-21-29-28(23-13-4-1-5-14-23,24-15-6-2-7-16-24)25-17-8-3-9-18-25/h1-11,13-20,29-30H,12,21-22H2. The molecule has 0 fully saturated rings. The second-order valence-corrected chi connectivity index (χ2v) is 9.99.